The predicted octanol–water partition coefficient (Wildman–Crippen LogP) is 5.60. The van der Waals surface area contributed by atoms with Crippen molar-refractivity contribution in [2.45, 2.75) is 13.0 Å². The SMILES string of the molecule is C=CCc1cc(/C=C(\C#N)C(=O)Nc2cccc([N+](=O)[O-])c2)cc(OC)c1OCc1ccc(F)cc1. The Kier molecular flexibility index (Phi) is 8.51. The molecule has 3 aromatic rings. The van der Waals surface area contributed by atoms with Gasteiger partial charge in [-0.05, 0) is 54.0 Å². The molecule has 3 rings (SSSR count). The van der Waals surface area contributed by atoms with Crippen molar-refractivity contribution in [2.75, 3.05) is 12.4 Å². The van der Waals surface area contributed by atoms with Gasteiger partial charge in [0.2, 0.25) is 0 Å². The maximum atomic E-state index is 13.2. The van der Waals surface area contributed by atoms with Crippen LogP contribution in [0.1, 0.15) is 16.7 Å². The first kappa shape index (κ1) is 25.6. The Morgan fingerprint density at radius 3 is 2.61 bits per heavy atom. The maximum absolute atomic E-state index is 13.2. The molecule has 0 radical (unpaired) electrons. The monoisotopic (exact) mass is 487 g/mol. The number of methoxy groups -OCH3 is 1. The Morgan fingerprint density at radius 1 is 1.22 bits per heavy atom. The van der Waals surface area contributed by atoms with Crippen LogP contribution in [0.3, 0.4) is 0 Å². The normalized spacial score (nSPS) is 10.8. The number of ether oxygens (including phenoxy) is 2. The summed E-state index contributed by atoms with van der Waals surface area (Å²) in [6, 6.07) is 16.5. The molecule has 36 heavy (non-hydrogen) atoms. The third-order valence-corrected chi connectivity index (χ3v) is 5.03. The largest absolute Gasteiger partial charge is 0.493 e. The molecule has 0 fully saturated rings. The Morgan fingerprint density at radius 2 is 1.97 bits per heavy atom. The highest BCUT2D eigenvalue weighted by Crippen LogP contribution is 2.35. The lowest BCUT2D eigenvalue weighted by molar-refractivity contribution is -0.384. The molecule has 0 saturated heterocycles. The number of non-ortho nitro benzene ring substituents is 1. The molecule has 182 valence electrons. The van der Waals surface area contributed by atoms with Crippen LogP contribution in [-0.2, 0) is 17.8 Å². The number of benzene rings is 3. The first-order valence-corrected chi connectivity index (χ1v) is 10.7. The lowest BCUT2D eigenvalue weighted by Crippen LogP contribution is -2.13. The molecular weight excluding hydrogens is 465 g/mol. The van der Waals surface area contributed by atoms with E-state index >= 15 is 0 Å². The van der Waals surface area contributed by atoms with Gasteiger partial charge in [-0.25, -0.2) is 4.39 Å². The number of rotatable bonds is 10. The van der Waals surface area contributed by atoms with Crippen LogP contribution in [0.2, 0.25) is 0 Å². The molecule has 0 unspecified atom stereocenters. The third-order valence-electron chi connectivity index (χ3n) is 5.03. The van der Waals surface area contributed by atoms with Crippen LogP contribution in [0, 0.1) is 27.3 Å². The Bertz CT molecular complexity index is 1360. The van der Waals surface area contributed by atoms with E-state index in [2.05, 4.69) is 11.9 Å². The van der Waals surface area contributed by atoms with Crippen molar-refractivity contribution in [3.05, 3.63) is 112 Å². The van der Waals surface area contributed by atoms with E-state index in [9.17, 15) is 24.6 Å². The lowest BCUT2D eigenvalue weighted by atomic mass is 10.0. The molecule has 0 aromatic heterocycles. The molecule has 0 aliphatic heterocycles. The summed E-state index contributed by atoms with van der Waals surface area (Å²) < 4.78 is 24.6. The van der Waals surface area contributed by atoms with Gasteiger partial charge in [-0.3, -0.25) is 14.9 Å². The molecule has 0 aliphatic carbocycles. The van der Waals surface area contributed by atoms with E-state index < -0.39 is 10.8 Å². The number of halogens is 1. The third kappa shape index (κ3) is 6.55. The quantitative estimate of drug-likeness (QED) is 0.131. The van der Waals surface area contributed by atoms with Crippen molar-refractivity contribution in [3.8, 4) is 17.6 Å². The van der Waals surface area contributed by atoms with Crippen molar-refractivity contribution in [1.82, 2.24) is 0 Å². The van der Waals surface area contributed by atoms with Gasteiger partial charge in [-0.1, -0.05) is 24.3 Å². The second-order valence-electron chi connectivity index (χ2n) is 7.55. The number of nitro groups is 1. The minimum atomic E-state index is -0.723. The van der Waals surface area contributed by atoms with E-state index in [0.717, 1.165) is 5.56 Å². The van der Waals surface area contributed by atoms with Gasteiger partial charge in [0, 0.05) is 23.4 Å². The smallest absolute Gasteiger partial charge is 0.271 e. The van der Waals surface area contributed by atoms with Crippen LogP contribution in [0.4, 0.5) is 15.8 Å². The summed E-state index contributed by atoms with van der Waals surface area (Å²) >= 11 is 0. The molecule has 0 atom stereocenters. The summed E-state index contributed by atoms with van der Waals surface area (Å²) in [5, 5.41) is 23.0. The van der Waals surface area contributed by atoms with E-state index in [4.69, 9.17) is 9.47 Å². The average molecular weight is 487 g/mol. The van der Waals surface area contributed by atoms with Crippen molar-refractivity contribution in [3.63, 3.8) is 0 Å². The molecule has 8 nitrogen and oxygen atoms in total. The summed E-state index contributed by atoms with van der Waals surface area (Å²) in [4.78, 5) is 23.1. The van der Waals surface area contributed by atoms with E-state index in [-0.39, 0.29) is 29.4 Å². The number of nitro benzene ring substituents is 1. The van der Waals surface area contributed by atoms with Gasteiger partial charge in [-0.15, -0.1) is 6.58 Å². The predicted molar refractivity (Wildman–Crippen MR) is 133 cm³/mol. The number of nitrogens with one attached hydrogen (secondary N) is 1. The molecule has 3 aromatic carbocycles. The Labute approximate surface area is 207 Å². The number of allylic oxidation sites excluding steroid dienone is 1. The molecular formula is C27H22FN3O5. The van der Waals surface area contributed by atoms with Gasteiger partial charge < -0.3 is 14.8 Å². The summed E-state index contributed by atoms with van der Waals surface area (Å²) in [6.45, 7) is 3.94. The van der Waals surface area contributed by atoms with E-state index in [1.165, 1.54) is 49.6 Å². The average Bonchev–Trinajstić information content (AvgIpc) is 2.87. The van der Waals surface area contributed by atoms with Gasteiger partial charge in [-0.2, -0.15) is 5.26 Å². The summed E-state index contributed by atoms with van der Waals surface area (Å²) in [6.07, 6.45) is 3.47. The molecule has 0 saturated carbocycles. The zero-order chi connectivity index (χ0) is 26.1. The molecule has 0 aliphatic rings. The van der Waals surface area contributed by atoms with Crippen LogP contribution >= 0.6 is 0 Å². The van der Waals surface area contributed by atoms with Crippen molar-refractivity contribution >= 4 is 23.4 Å². The molecule has 0 spiro atoms. The number of hydrogen-bond donors (Lipinski definition) is 1. The van der Waals surface area contributed by atoms with Gasteiger partial charge >= 0.3 is 0 Å². The van der Waals surface area contributed by atoms with Crippen LogP contribution in [-0.4, -0.2) is 17.9 Å². The molecule has 1 N–H and O–H groups in total. The van der Waals surface area contributed by atoms with E-state index in [1.807, 2.05) is 6.07 Å². The number of anilines is 1. The number of carbonyl (C=O) groups excluding carboxylic acids is 1. The number of hydrogen-bond acceptors (Lipinski definition) is 6. The van der Waals surface area contributed by atoms with Crippen LogP contribution in [0.25, 0.3) is 6.08 Å². The fraction of sp³-hybridized carbons (Fsp3) is 0.111. The van der Waals surface area contributed by atoms with Crippen molar-refractivity contribution in [2.24, 2.45) is 0 Å². The van der Waals surface area contributed by atoms with Crippen molar-refractivity contribution < 1.29 is 23.6 Å². The highest BCUT2D eigenvalue weighted by Gasteiger charge is 2.16. The fourth-order valence-corrected chi connectivity index (χ4v) is 3.34. The summed E-state index contributed by atoms with van der Waals surface area (Å²) in [5.74, 6) is -0.237. The standard InChI is InChI=1S/C27H22FN3O5/c1-3-5-20-12-19(14-25(35-2)26(20)36-17-18-8-10-22(28)11-9-18)13-21(16-29)27(32)30-23-6-4-7-24(15-23)31(33)34/h3-4,6-15H,1,5,17H2,2H3,(H,30,32)/b21-13+. The topological polar surface area (TPSA) is 114 Å². The van der Waals surface area contributed by atoms with Crippen LogP contribution < -0.4 is 14.8 Å². The van der Waals surface area contributed by atoms with Crippen LogP contribution in [0.5, 0.6) is 11.5 Å². The Balaban J connectivity index is 1.89. The zero-order valence-corrected chi connectivity index (χ0v) is 19.4. The van der Waals surface area contributed by atoms with Crippen molar-refractivity contribution in [1.29, 1.82) is 5.26 Å². The first-order valence-electron chi connectivity index (χ1n) is 10.7. The lowest BCUT2D eigenvalue weighted by Gasteiger charge is -2.16. The molecule has 0 heterocycles. The zero-order valence-electron chi connectivity index (χ0n) is 19.4. The van der Waals surface area contributed by atoms with E-state index in [1.54, 1.807) is 30.3 Å². The highest BCUT2D eigenvalue weighted by atomic mass is 19.1. The van der Waals surface area contributed by atoms with Gasteiger partial charge in [0.25, 0.3) is 11.6 Å². The van der Waals surface area contributed by atoms with E-state index in [0.29, 0.717) is 29.0 Å². The number of nitriles is 1. The second-order valence-corrected chi connectivity index (χ2v) is 7.55. The number of amides is 1. The fourth-order valence-electron chi connectivity index (χ4n) is 3.34. The highest BCUT2D eigenvalue weighted by molar-refractivity contribution is 6.09. The maximum Gasteiger partial charge on any atom is 0.271 e. The molecule has 1 amide bonds. The molecule has 0 bridgehead atoms. The van der Waals surface area contributed by atoms with Gasteiger partial charge in [0.05, 0.1) is 12.0 Å². The number of carbonyl (C=O) groups is 1. The molecule has 9 heteroatoms. The number of nitrogens with zero attached hydrogens (tertiary/aromatic N) is 2. The van der Waals surface area contributed by atoms with Crippen LogP contribution in [0.15, 0.2) is 78.9 Å². The van der Waals surface area contributed by atoms with Gasteiger partial charge in [0.1, 0.15) is 24.1 Å². The Hall–Kier alpha value is -4.97. The minimum Gasteiger partial charge on any atom is -0.493 e. The van der Waals surface area contributed by atoms with Gasteiger partial charge in [0.15, 0.2) is 11.5 Å². The first-order chi connectivity index (χ1) is 17.3. The summed E-state index contributed by atoms with van der Waals surface area (Å²) in [5.41, 5.74) is 1.75. The minimum absolute atomic E-state index is 0.172. The summed E-state index contributed by atoms with van der Waals surface area (Å²) in [7, 11) is 1.46. The second kappa shape index (κ2) is 11.9.